The molecule has 1 saturated heterocycles. The number of aromatic nitrogens is 2. The molecule has 2 aromatic rings. The molecule has 17 heteroatoms. The average Bonchev–Trinajstić information content (AvgIpc) is 3.27. The number of hydrogen-bond donors (Lipinski definition) is 7. The number of carbonyl (C=O) groups excluding carboxylic acids is 1. The zero-order valence-electron chi connectivity index (χ0n) is 21.8. The molecule has 0 unspecified atom stereocenters. The minimum absolute atomic E-state index is 0.00805. The van der Waals surface area contributed by atoms with E-state index in [0.29, 0.717) is 22.5 Å². The fourth-order valence-electron chi connectivity index (χ4n) is 4.33. The number of aliphatic hydroxyl groups excluding tert-OH is 3. The Morgan fingerprint density at radius 2 is 1.70 bits per heavy atom. The Balaban J connectivity index is 1.71. The van der Waals surface area contributed by atoms with Crippen molar-refractivity contribution in [3.05, 3.63) is 43.2 Å². The first-order valence-corrected chi connectivity index (χ1v) is 13.3. The van der Waals surface area contributed by atoms with Gasteiger partial charge in [0.15, 0.2) is 12.4 Å². The number of carboxylic acids is 2. The molecule has 2 aromatic heterocycles. The van der Waals surface area contributed by atoms with Gasteiger partial charge in [0.05, 0.1) is 24.8 Å². The second-order valence-corrected chi connectivity index (χ2v) is 10.5. The predicted molar refractivity (Wildman–Crippen MR) is 137 cm³/mol. The average molecular weight is 589 g/mol. The maximum atomic E-state index is 12.9. The lowest BCUT2D eigenvalue weighted by molar-refractivity contribution is -0.281. The fourth-order valence-corrected chi connectivity index (χ4v) is 5.38. The Morgan fingerprint density at radius 3 is 2.27 bits per heavy atom. The van der Waals surface area contributed by atoms with Gasteiger partial charge in [0, 0.05) is 28.3 Å². The summed E-state index contributed by atoms with van der Waals surface area (Å²) >= 11 is 1.19. The molecule has 3 rings (SSSR count). The zero-order chi connectivity index (χ0) is 30.0. The van der Waals surface area contributed by atoms with Crippen LogP contribution in [0.15, 0.2) is 9.59 Å². The molecule has 0 radical (unpaired) electrons. The molecular weight excluding hydrogens is 556 g/mol. The van der Waals surface area contributed by atoms with Crippen LogP contribution in [-0.4, -0.2) is 108 Å². The van der Waals surface area contributed by atoms with Crippen LogP contribution in [0.25, 0.3) is 0 Å². The summed E-state index contributed by atoms with van der Waals surface area (Å²) in [5.74, 6) is -3.77. The summed E-state index contributed by atoms with van der Waals surface area (Å²) < 4.78 is 13.1. The van der Waals surface area contributed by atoms with Crippen LogP contribution >= 0.6 is 11.8 Å². The molecule has 1 aliphatic heterocycles. The van der Waals surface area contributed by atoms with Gasteiger partial charge in [-0.2, -0.15) is 16.3 Å². The predicted octanol–water partition coefficient (Wildman–Crippen LogP) is -3.45. The van der Waals surface area contributed by atoms with E-state index >= 15 is 0 Å². The summed E-state index contributed by atoms with van der Waals surface area (Å²) in [5, 5.41) is 50.9. The van der Waals surface area contributed by atoms with Crippen molar-refractivity contribution < 1.29 is 49.4 Å². The minimum Gasteiger partial charge on any atom is -0.481 e. The quantitative estimate of drug-likeness (QED) is 0.127. The molecule has 16 nitrogen and oxygen atoms in total. The number of carbonyl (C=O) groups is 3. The lowest BCUT2D eigenvalue weighted by Gasteiger charge is -2.43. The van der Waals surface area contributed by atoms with E-state index in [1.807, 2.05) is 0 Å². The van der Waals surface area contributed by atoms with Gasteiger partial charge in [-0.15, -0.1) is 0 Å². The van der Waals surface area contributed by atoms with Crippen molar-refractivity contribution in [2.24, 2.45) is 5.73 Å². The van der Waals surface area contributed by atoms with Crippen LogP contribution in [0, 0.1) is 20.8 Å². The van der Waals surface area contributed by atoms with Gasteiger partial charge in [-0.05, 0) is 20.8 Å². The first kappa shape index (κ1) is 31.5. The third-order valence-electron chi connectivity index (χ3n) is 6.77. The number of amides is 1. The maximum absolute atomic E-state index is 12.9. The second-order valence-electron chi connectivity index (χ2n) is 9.44. The van der Waals surface area contributed by atoms with Crippen LogP contribution in [0.3, 0.4) is 0 Å². The monoisotopic (exact) mass is 588 g/mol. The van der Waals surface area contributed by atoms with E-state index in [9.17, 15) is 44.4 Å². The molecular formula is C23H32N4O12S. The Morgan fingerprint density at radius 1 is 1.07 bits per heavy atom. The van der Waals surface area contributed by atoms with Crippen molar-refractivity contribution in [2.75, 3.05) is 12.4 Å². The maximum Gasteiger partial charge on any atom is 0.333 e. The first-order chi connectivity index (χ1) is 18.7. The van der Waals surface area contributed by atoms with Crippen molar-refractivity contribution in [3.8, 4) is 0 Å². The molecule has 0 bridgehead atoms. The summed E-state index contributed by atoms with van der Waals surface area (Å²) in [6.07, 6.45) is -9.58. The Hall–Kier alpha value is -3.06. The highest BCUT2D eigenvalue weighted by Gasteiger charge is 2.47. The lowest BCUT2D eigenvalue weighted by atomic mass is 9.96. The SMILES string of the molecule is Cc1c(C)n2c(CSC[C@H](N)C(=O)N[C@H]3[C@@H](O[C@@H](CC(=O)O)C(=O)O)O[C@H](CO)[C@@H](O)[C@@H]3O)c(C)c(=O)n2c1=O. The topological polar surface area (TPSA) is 252 Å². The minimum atomic E-state index is -1.93. The van der Waals surface area contributed by atoms with Crippen LogP contribution in [0.4, 0.5) is 0 Å². The van der Waals surface area contributed by atoms with Crippen LogP contribution in [0.1, 0.15) is 28.9 Å². The van der Waals surface area contributed by atoms with Crippen LogP contribution in [-0.2, 0) is 29.6 Å². The molecule has 1 fully saturated rings. The van der Waals surface area contributed by atoms with E-state index < -0.39 is 84.8 Å². The number of fused-ring (bicyclic) bond motifs is 1. The molecule has 7 atom stereocenters. The van der Waals surface area contributed by atoms with Crippen LogP contribution in [0.2, 0.25) is 0 Å². The molecule has 0 saturated carbocycles. The van der Waals surface area contributed by atoms with Crippen LogP contribution < -0.4 is 22.2 Å². The van der Waals surface area contributed by atoms with Crippen molar-refractivity contribution in [1.29, 1.82) is 0 Å². The van der Waals surface area contributed by atoms with Crippen LogP contribution in [0.5, 0.6) is 0 Å². The van der Waals surface area contributed by atoms with Gasteiger partial charge in [0.1, 0.15) is 24.4 Å². The molecule has 8 N–H and O–H groups in total. The molecule has 1 aliphatic rings. The first-order valence-electron chi connectivity index (χ1n) is 12.1. The van der Waals surface area contributed by atoms with E-state index in [0.717, 1.165) is 4.52 Å². The van der Waals surface area contributed by atoms with Gasteiger partial charge in [-0.3, -0.25) is 23.7 Å². The van der Waals surface area contributed by atoms with Crippen molar-refractivity contribution in [1.82, 2.24) is 14.3 Å². The highest BCUT2D eigenvalue weighted by molar-refractivity contribution is 7.98. The van der Waals surface area contributed by atoms with E-state index in [4.69, 9.17) is 20.3 Å². The Labute approximate surface area is 230 Å². The molecule has 40 heavy (non-hydrogen) atoms. The second kappa shape index (κ2) is 12.6. The number of ether oxygens (including phenoxy) is 2. The molecule has 0 aliphatic carbocycles. The fraction of sp³-hybridized carbons (Fsp3) is 0.609. The normalized spacial score (nSPS) is 24.6. The summed E-state index contributed by atoms with van der Waals surface area (Å²) in [4.78, 5) is 60.3. The highest BCUT2D eigenvalue weighted by Crippen LogP contribution is 2.24. The molecule has 0 spiro atoms. The third-order valence-corrected chi connectivity index (χ3v) is 7.84. The number of carboxylic acid groups (broad SMARTS) is 2. The van der Waals surface area contributed by atoms with E-state index in [1.54, 1.807) is 20.8 Å². The molecule has 222 valence electrons. The number of aliphatic hydroxyl groups is 3. The van der Waals surface area contributed by atoms with E-state index in [-0.39, 0.29) is 11.5 Å². The highest BCUT2D eigenvalue weighted by atomic mass is 32.2. The summed E-state index contributed by atoms with van der Waals surface area (Å²) in [7, 11) is 0. The van der Waals surface area contributed by atoms with Gasteiger partial charge in [0.25, 0.3) is 11.1 Å². The molecule has 3 heterocycles. The number of aryl methyl sites for hydroxylation is 1. The largest absolute Gasteiger partial charge is 0.481 e. The van der Waals surface area contributed by atoms with Crippen molar-refractivity contribution in [3.63, 3.8) is 0 Å². The summed E-state index contributed by atoms with van der Waals surface area (Å²) in [6.45, 7) is 4.12. The standard InChI is InChI=1S/C23H32N4O12S/c1-8-10(3)26-12(9(2)21(35)27(26)20(8)34)7-40-6-11(24)19(33)25-16-18(32)17(31)14(5-28)39-23(16)38-13(22(36)37)4-15(29)30/h11,13-14,16-18,23,28,31-32H,4-7,24H2,1-3H3,(H,25,33)(H,29,30)(H,36,37)/t11-,13-,14+,16+,17+,18+,23-/m0/s1. The molecule has 0 aromatic carbocycles. The number of hydrogen-bond acceptors (Lipinski definition) is 12. The van der Waals surface area contributed by atoms with Crippen molar-refractivity contribution >= 4 is 29.6 Å². The lowest BCUT2D eigenvalue weighted by Crippen LogP contribution is -2.66. The van der Waals surface area contributed by atoms with Gasteiger partial charge < -0.3 is 46.1 Å². The van der Waals surface area contributed by atoms with Gasteiger partial charge in [-0.25, -0.2) is 4.79 Å². The summed E-state index contributed by atoms with van der Waals surface area (Å²) in [5.41, 5.74) is 7.12. The van der Waals surface area contributed by atoms with E-state index in [2.05, 4.69) is 5.32 Å². The molecule has 1 amide bonds. The Bertz CT molecular complexity index is 1380. The Kier molecular flexibility index (Phi) is 9.94. The van der Waals surface area contributed by atoms with Crippen molar-refractivity contribution in [2.45, 2.75) is 75.7 Å². The van der Waals surface area contributed by atoms with Gasteiger partial charge >= 0.3 is 11.9 Å². The van der Waals surface area contributed by atoms with E-state index in [1.165, 1.54) is 16.3 Å². The number of nitrogens with one attached hydrogen (secondary N) is 1. The summed E-state index contributed by atoms with van der Waals surface area (Å²) in [6, 6.07) is -2.78. The smallest absolute Gasteiger partial charge is 0.333 e. The number of aliphatic carboxylic acids is 2. The number of thioether (sulfide) groups is 1. The number of rotatable bonds is 12. The van der Waals surface area contributed by atoms with Gasteiger partial charge in [0.2, 0.25) is 5.91 Å². The third kappa shape index (κ3) is 6.14. The van der Waals surface area contributed by atoms with Gasteiger partial charge in [-0.1, -0.05) is 0 Å². The number of nitrogens with two attached hydrogens (primary N) is 1. The number of nitrogens with zero attached hydrogens (tertiary/aromatic N) is 2. The zero-order valence-corrected chi connectivity index (χ0v) is 22.7.